The lowest BCUT2D eigenvalue weighted by atomic mass is 10.1. The summed E-state index contributed by atoms with van der Waals surface area (Å²) in [4.78, 5) is 28.3. The fourth-order valence-electron chi connectivity index (χ4n) is 3.67. The Morgan fingerprint density at radius 3 is 2.41 bits per heavy atom. The van der Waals surface area contributed by atoms with E-state index < -0.39 is 0 Å². The van der Waals surface area contributed by atoms with Crippen molar-refractivity contribution >= 4 is 29.3 Å². The summed E-state index contributed by atoms with van der Waals surface area (Å²) in [6.45, 7) is 5.46. The topological polar surface area (TPSA) is 53.9 Å². The average molecular weight is 413 g/mol. The van der Waals surface area contributed by atoms with Gasteiger partial charge in [-0.3, -0.25) is 9.59 Å². The van der Waals surface area contributed by atoms with Crippen molar-refractivity contribution in [3.05, 3.63) is 65.2 Å². The minimum Gasteiger partial charge on any atom is -0.327 e. The number of anilines is 1. The first-order valence-corrected chi connectivity index (χ1v) is 11.6. The highest BCUT2D eigenvalue weighted by Crippen LogP contribution is 2.15. The van der Waals surface area contributed by atoms with Crippen molar-refractivity contribution in [2.75, 3.05) is 44.3 Å². The number of benzene rings is 2. The molecule has 154 valence electrons. The zero-order valence-corrected chi connectivity index (χ0v) is 18.1. The van der Waals surface area contributed by atoms with Gasteiger partial charge in [-0.25, -0.2) is 0 Å². The van der Waals surface area contributed by atoms with E-state index in [1.54, 1.807) is 11.8 Å². The molecule has 0 atom stereocenters. The van der Waals surface area contributed by atoms with Crippen molar-refractivity contribution in [2.24, 2.45) is 0 Å². The number of nitrogens with zero attached hydrogens (tertiary/aromatic N) is 1. The summed E-state index contributed by atoms with van der Waals surface area (Å²) in [6, 6.07) is 15.8. The quantitative estimate of drug-likeness (QED) is 0.732. The van der Waals surface area contributed by atoms with Gasteiger partial charge < -0.3 is 15.1 Å². The summed E-state index contributed by atoms with van der Waals surface area (Å²) in [7, 11) is 0. The molecule has 5 nitrogen and oxygen atoms in total. The monoisotopic (exact) mass is 412 g/mol. The second-order valence-corrected chi connectivity index (χ2v) is 8.27. The molecule has 2 N–H and O–H groups in total. The van der Waals surface area contributed by atoms with Crippen LogP contribution in [-0.2, 0) is 17.0 Å². The Bertz CT molecular complexity index is 830. The third-order valence-electron chi connectivity index (χ3n) is 5.35. The number of carbonyl (C=O) groups is 2. The van der Waals surface area contributed by atoms with E-state index in [1.807, 2.05) is 53.4 Å². The Labute approximate surface area is 177 Å². The van der Waals surface area contributed by atoms with Gasteiger partial charge in [0.15, 0.2) is 6.54 Å². The molecule has 2 aromatic rings. The van der Waals surface area contributed by atoms with Crippen LogP contribution in [0.3, 0.4) is 0 Å². The predicted molar refractivity (Wildman–Crippen MR) is 120 cm³/mol. The number of thioether (sulfide) groups is 1. The van der Waals surface area contributed by atoms with Gasteiger partial charge in [0.05, 0.1) is 26.2 Å². The lowest BCUT2D eigenvalue weighted by Crippen LogP contribution is -3.15. The van der Waals surface area contributed by atoms with Crippen molar-refractivity contribution in [2.45, 2.75) is 19.1 Å². The maximum atomic E-state index is 12.7. The van der Waals surface area contributed by atoms with Crippen molar-refractivity contribution < 1.29 is 14.5 Å². The van der Waals surface area contributed by atoms with Crippen LogP contribution in [0, 0.1) is 0 Å². The Morgan fingerprint density at radius 2 is 1.76 bits per heavy atom. The number of quaternary nitrogens is 1. The molecular formula is C23H30N3O2S+. The minimum atomic E-state index is 0.0325. The second kappa shape index (κ2) is 10.5. The lowest BCUT2D eigenvalue weighted by Gasteiger charge is -2.32. The molecule has 0 aliphatic carbocycles. The van der Waals surface area contributed by atoms with E-state index in [2.05, 4.69) is 18.5 Å². The van der Waals surface area contributed by atoms with Gasteiger partial charge in [-0.2, -0.15) is 11.8 Å². The van der Waals surface area contributed by atoms with Crippen LogP contribution in [0.25, 0.3) is 0 Å². The Kier molecular flexibility index (Phi) is 7.72. The summed E-state index contributed by atoms with van der Waals surface area (Å²) in [5.74, 6) is 1.08. The zero-order chi connectivity index (χ0) is 20.6. The SMILES string of the molecule is CCc1ccccc1NC(=O)C[NH+]1CCN(C(=O)c2ccc(CSC)cc2)CC1. The molecule has 6 heteroatoms. The van der Waals surface area contributed by atoms with Gasteiger partial charge in [0.25, 0.3) is 11.8 Å². The number of para-hydroxylation sites is 1. The molecular weight excluding hydrogens is 382 g/mol. The lowest BCUT2D eigenvalue weighted by molar-refractivity contribution is -0.895. The van der Waals surface area contributed by atoms with E-state index >= 15 is 0 Å². The van der Waals surface area contributed by atoms with Crippen LogP contribution < -0.4 is 10.2 Å². The molecule has 29 heavy (non-hydrogen) atoms. The molecule has 1 aliphatic heterocycles. The number of hydrogen-bond acceptors (Lipinski definition) is 3. The molecule has 1 fully saturated rings. The summed E-state index contributed by atoms with van der Waals surface area (Å²) < 4.78 is 0. The second-order valence-electron chi connectivity index (χ2n) is 7.41. The van der Waals surface area contributed by atoms with Crippen molar-refractivity contribution in [3.63, 3.8) is 0 Å². The van der Waals surface area contributed by atoms with Gasteiger partial charge in [0.1, 0.15) is 0 Å². The van der Waals surface area contributed by atoms with Crippen LogP contribution in [0.15, 0.2) is 48.5 Å². The molecule has 2 aromatic carbocycles. The predicted octanol–water partition coefficient (Wildman–Crippen LogP) is 2.09. The van der Waals surface area contributed by atoms with Gasteiger partial charge in [0, 0.05) is 17.0 Å². The summed E-state index contributed by atoms with van der Waals surface area (Å²) in [5, 5.41) is 3.04. The largest absolute Gasteiger partial charge is 0.327 e. The van der Waals surface area contributed by atoms with Crippen LogP contribution in [0.5, 0.6) is 0 Å². The molecule has 0 radical (unpaired) electrons. The number of rotatable bonds is 7. The Balaban J connectivity index is 1.48. The molecule has 1 aliphatic rings. The van der Waals surface area contributed by atoms with E-state index in [0.29, 0.717) is 19.6 Å². The maximum absolute atomic E-state index is 12.7. The fourth-order valence-corrected chi connectivity index (χ4v) is 4.19. The third-order valence-corrected chi connectivity index (χ3v) is 5.97. The van der Waals surface area contributed by atoms with E-state index in [4.69, 9.17) is 0 Å². The Morgan fingerprint density at radius 1 is 1.07 bits per heavy atom. The van der Waals surface area contributed by atoms with E-state index in [-0.39, 0.29) is 11.8 Å². The number of aryl methyl sites for hydroxylation is 1. The first-order valence-electron chi connectivity index (χ1n) is 10.2. The molecule has 3 rings (SSSR count). The van der Waals surface area contributed by atoms with E-state index in [9.17, 15) is 9.59 Å². The normalized spacial score (nSPS) is 14.6. The first-order chi connectivity index (χ1) is 14.1. The Hall–Kier alpha value is -2.31. The fraction of sp³-hybridized carbons (Fsp3) is 0.391. The average Bonchev–Trinajstić information content (AvgIpc) is 2.75. The number of piperazine rings is 1. The van der Waals surface area contributed by atoms with Crippen LogP contribution in [0.1, 0.15) is 28.4 Å². The van der Waals surface area contributed by atoms with Crippen LogP contribution in [0.2, 0.25) is 0 Å². The molecule has 0 saturated carbocycles. The third kappa shape index (κ3) is 5.84. The number of hydrogen-bond donors (Lipinski definition) is 2. The number of amides is 2. The molecule has 1 saturated heterocycles. The first kappa shape index (κ1) is 21.4. The van der Waals surface area contributed by atoms with Crippen LogP contribution in [0.4, 0.5) is 5.69 Å². The summed E-state index contributed by atoms with van der Waals surface area (Å²) in [6.07, 6.45) is 2.96. The van der Waals surface area contributed by atoms with Crippen LogP contribution >= 0.6 is 11.8 Å². The van der Waals surface area contributed by atoms with Gasteiger partial charge in [-0.1, -0.05) is 37.3 Å². The maximum Gasteiger partial charge on any atom is 0.279 e. The van der Waals surface area contributed by atoms with Gasteiger partial charge in [0.2, 0.25) is 0 Å². The van der Waals surface area contributed by atoms with Crippen LogP contribution in [-0.4, -0.2) is 55.7 Å². The van der Waals surface area contributed by atoms with Crippen molar-refractivity contribution in [3.8, 4) is 0 Å². The standard InChI is InChI=1S/C23H29N3O2S/c1-3-19-6-4-5-7-21(19)24-22(27)16-25-12-14-26(15-13-25)23(28)20-10-8-18(9-11-20)17-29-2/h4-11H,3,12-17H2,1-2H3,(H,24,27)/p+1. The highest BCUT2D eigenvalue weighted by atomic mass is 32.2. The number of carbonyl (C=O) groups excluding carboxylic acids is 2. The summed E-state index contributed by atoms with van der Waals surface area (Å²) in [5.41, 5.74) is 4.03. The van der Waals surface area contributed by atoms with E-state index in [1.165, 1.54) is 10.5 Å². The molecule has 1 heterocycles. The van der Waals surface area contributed by atoms with Crippen molar-refractivity contribution in [1.29, 1.82) is 0 Å². The van der Waals surface area contributed by atoms with Gasteiger partial charge in [-0.15, -0.1) is 0 Å². The molecule has 0 bridgehead atoms. The zero-order valence-electron chi connectivity index (χ0n) is 17.2. The highest BCUT2D eigenvalue weighted by molar-refractivity contribution is 7.97. The highest BCUT2D eigenvalue weighted by Gasteiger charge is 2.26. The van der Waals surface area contributed by atoms with E-state index in [0.717, 1.165) is 42.1 Å². The molecule has 0 aromatic heterocycles. The molecule has 0 unspecified atom stereocenters. The smallest absolute Gasteiger partial charge is 0.279 e. The molecule has 0 spiro atoms. The van der Waals surface area contributed by atoms with Gasteiger partial charge in [-0.05, 0) is 42.0 Å². The number of nitrogens with one attached hydrogen (secondary N) is 2. The minimum absolute atomic E-state index is 0.0325. The van der Waals surface area contributed by atoms with Gasteiger partial charge >= 0.3 is 0 Å². The van der Waals surface area contributed by atoms with Crippen molar-refractivity contribution in [1.82, 2.24) is 4.90 Å². The summed E-state index contributed by atoms with van der Waals surface area (Å²) >= 11 is 1.77. The molecule has 2 amide bonds.